The summed E-state index contributed by atoms with van der Waals surface area (Å²) in [6, 6.07) is 2.01. The topological polar surface area (TPSA) is 35.2 Å². The molecule has 0 heterocycles. The third-order valence-corrected chi connectivity index (χ3v) is 4.21. The Morgan fingerprint density at radius 1 is 1.47 bits per heavy atom. The van der Waals surface area contributed by atoms with Crippen molar-refractivity contribution in [3.8, 4) is 5.75 Å². The molecule has 106 valence electrons. The largest absolute Gasteiger partial charge is 0.493 e. The quantitative estimate of drug-likeness (QED) is 0.799. The first-order valence-electron chi connectivity index (χ1n) is 6.59. The van der Waals surface area contributed by atoms with Crippen LogP contribution in [0.3, 0.4) is 0 Å². The summed E-state index contributed by atoms with van der Waals surface area (Å²) in [7, 11) is 0. The van der Waals surface area contributed by atoms with Crippen molar-refractivity contribution < 1.29 is 4.74 Å². The van der Waals surface area contributed by atoms with Gasteiger partial charge in [-0.1, -0.05) is 37.7 Å². The zero-order chi connectivity index (χ0) is 14.6. The van der Waals surface area contributed by atoms with E-state index in [2.05, 4.69) is 6.92 Å². The van der Waals surface area contributed by atoms with E-state index >= 15 is 0 Å². The minimum Gasteiger partial charge on any atom is -0.493 e. The van der Waals surface area contributed by atoms with Gasteiger partial charge in [-0.3, -0.25) is 0 Å². The van der Waals surface area contributed by atoms with Crippen molar-refractivity contribution in [3.63, 3.8) is 0 Å². The van der Waals surface area contributed by atoms with Gasteiger partial charge in [0.1, 0.15) is 5.75 Å². The second-order valence-corrected chi connectivity index (χ2v) is 5.81. The number of hydrogen-bond donors (Lipinski definition) is 1. The molecule has 0 aliphatic carbocycles. The molecule has 4 heteroatoms. The van der Waals surface area contributed by atoms with Crippen LogP contribution in [0.4, 0.5) is 0 Å². The van der Waals surface area contributed by atoms with Crippen LogP contribution in [0.5, 0.6) is 5.75 Å². The molecule has 1 aromatic rings. The third-order valence-electron chi connectivity index (χ3n) is 3.23. The predicted molar refractivity (Wildman–Crippen MR) is 86.4 cm³/mol. The average molecular weight is 300 g/mol. The minimum atomic E-state index is 0.136. The highest BCUT2D eigenvalue weighted by atomic mass is 35.5. The van der Waals surface area contributed by atoms with Gasteiger partial charge in [0, 0.05) is 10.9 Å². The van der Waals surface area contributed by atoms with Crippen LogP contribution >= 0.6 is 23.8 Å². The van der Waals surface area contributed by atoms with E-state index in [1.165, 1.54) is 0 Å². The Kier molecular flexibility index (Phi) is 6.08. The highest BCUT2D eigenvalue weighted by Gasteiger charge is 2.17. The number of hydrogen-bond acceptors (Lipinski definition) is 2. The summed E-state index contributed by atoms with van der Waals surface area (Å²) < 4.78 is 5.84. The van der Waals surface area contributed by atoms with Crippen molar-refractivity contribution in [3.05, 3.63) is 27.8 Å². The fraction of sp³-hybridized carbons (Fsp3) is 0.533. The molecule has 0 amide bonds. The van der Waals surface area contributed by atoms with Crippen molar-refractivity contribution in [2.24, 2.45) is 11.7 Å². The molecule has 1 unspecified atom stereocenters. The molecule has 2 N–H and O–H groups in total. The molecule has 0 radical (unpaired) electrons. The van der Waals surface area contributed by atoms with Crippen LogP contribution in [0.1, 0.15) is 37.0 Å². The Balaban J connectivity index is 3.17. The molecule has 0 aromatic heterocycles. The number of nitrogens with two attached hydrogens (primary N) is 1. The van der Waals surface area contributed by atoms with Crippen LogP contribution in [0.15, 0.2) is 6.07 Å². The molecule has 0 aliphatic rings. The van der Waals surface area contributed by atoms with Crippen LogP contribution in [0.2, 0.25) is 5.02 Å². The van der Waals surface area contributed by atoms with Crippen LogP contribution in [-0.2, 0) is 6.42 Å². The maximum absolute atomic E-state index is 6.33. The van der Waals surface area contributed by atoms with Crippen molar-refractivity contribution in [2.45, 2.75) is 40.5 Å². The van der Waals surface area contributed by atoms with Crippen LogP contribution in [0.25, 0.3) is 0 Å². The normalized spacial score (nSPS) is 12.3. The van der Waals surface area contributed by atoms with Gasteiger partial charge in [-0.2, -0.15) is 0 Å². The number of aryl methyl sites for hydroxylation is 1. The number of rotatable bonds is 6. The second-order valence-electron chi connectivity index (χ2n) is 4.97. The lowest BCUT2D eigenvalue weighted by atomic mass is 9.95. The third kappa shape index (κ3) is 4.08. The van der Waals surface area contributed by atoms with Gasteiger partial charge < -0.3 is 10.5 Å². The van der Waals surface area contributed by atoms with Crippen molar-refractivity contribution >= 4 is 28.8 Å². The van der Waals surface area contributed by atoms with E-state index in [0.29, 0.717) is 11.6 Å². The van der Waals surface area contributed by atoms with Gasteiger partial charge in [0.15, 0.2) is 0 Å². The van der Waals surface area contributed by atoms with Crippen molar-refractivity contribution in [1.82, 2.24) is 0 Å². The summed E-state index contributed by atoms with van der Waals surface area (Å²) >= 11 is 11.4. The lowest BCUT2D eigenvalue weighted by Gasteiger charge is -2.19. The van der Waals surface area contributed by atoms with Gasteiger partial charge in [-0.25, -0.2) is 0 Å². The summed E-state index contributed by atoms with van der Waals surface area (Å²) in [5.41, 5.74) is 8.93. The van der Waals surface area contributed by atoms with E-state index in [0.717, 1.165) is 40.3 Å². The Labute approximate surface area is 126 Å². The maximum Gasteiger partial charge on any atom is 0.123 e. The van der Waals surface area contributed by atoms with Crippen molar-refractivity contribution in [2.75, 3.05) is 6.61 Å². The molecular formula is C15H22ClNOS. The van der Waals surface area contributed by atoms with E-state index in [1.54, 1.807) is 0 Å². The molecule has 0 saturated carbocycles. The van der Waals surface area contributed by atoms with Gasteiger partial charge in [-0.15, -0.1) is 0 Å². The Bertz CT molecular complexity index is 474. The first-order valence-corrected chi connectivity index (χ1v) is 7.37. The number of ether oxygens (including phenoxy) is 1. The SMILES string of the molecule is CCCOc1cc(C)c(Cl)c(C)c1CC(C)C(N)=S. The van der Waals surface area contributed by atoms with Crippen LogP contribution < -0.4 is 10.5 Å². The predicted octanol–water partition coefficient (Wildman–Crippen LogP) is 4.21. The molecule has 0 fully saturated rings. The lowest BCUT2D eigenvalue weighted by Crippen LogP contribution is -2.21. The Hall–Kier alpha value is -0.800. The Morgan fingerprint density at radius 2 is 2.11 bits per heavy atom. The molecule has 1 atom stereocenters. The van der Waals surface area contributed by atoms with E-state index in [9.17, 15) is 0 Å². The average Bonchev–Trinajstić information content (AvgIpc) is 2.37. The smallest absolute Gasteiger partial charge is 0.123 e. The standard InChI is InChI=1S/C15H22ClNOS/c1-5-6-18-13-8-9(2)14(16)11(4)12(13)7-10(3)15(17)19/h8,10H,5-7H2,1-4H3,(H2,17,19). The molecule has 0 bridgehead atoms. The van der Waals surface area contributed by atoms with E-state index in [1.807, 2.05) is 26.8 Å². The molecule has 0 saturated heterocycles. The zero-order valence-electron chi connectivity index (χ0n) is 12.0. The highest BCUT2D eigenvalue weighted by Crippen LogP contribution is 2.33. The summed E-state index contributed by atoms with van der Waals surface area (Å²) in [5.74, 6) is 1.04. The minimum absolute atomic E-state index is 0.136. The van der Waals surface area contributed by atoms with Gasteiger partial charge in [0.2, 0.25) is 0 Å². The Morgan fingerprint density at radius 3 is 2.63 bits per heavy atom. The summed E-state index contributed by atoms with van der Waals surface area (Å²) in [6.07, 6.45) is 1.74. The molecule has 0 aliphatic heterocycles. The highest BCUT2D eigenvalue weighted by molar-refractivity contribution is 7.80. The fourth-order valence-corrected chi connectivity index (χ4v) is 2.21. The zero-order valence-corrected chi connectivity index (χ0v) is 13.6. The number of halogens is 1. The van der Waals surface area contributed by atoms with Crippen LogP contribution in [-0.4, -0.2) is 11.6 Å². The molecule has 1 aromatic carbocycles. The molecular weight excluding hydrogens is 278 g/mol. The van der Waals surface area contributed by atoms with Gasteiger partial charge in [0.25, 0.3) is 0 Å². The molecule has 0 spiro atoms. The summed E-state index contributed by atoms with van der Waals surface area (Å²) in [4.78, 5) is 0.525. The monoisotopic (exact) mass is 299 g/mol. The van der Waals surface area contributed by atoms with Gasteiger partial charge in [0.05, 0.1) is 11.6 Å². The number of thiocarbonyl (C=S) groups is 1. The lowest BCUT2D eigenvalue weighted by molar-refractivity contribution is 0.313. The first-order chi connectivity index (χ1) is 8.88. The maximum atomic E-state index is 6.33. The van der Waals surface area contributed by atoms with Crippen molar-refractivity contribution in [1.29, 1.82) is 0 Å². The van der Waals surface area contributed by atoms with E-state index < -0.39 is 0 Å². The summed E-state index contributed by atoms with van der Waals surface area (Å²) in [5, 5.41) is 0.800. The fourth-order valence-electron chi connectivity index (χ4n) is 1.96. The van der Waals surface area contributed by atoms with Gasteiger partial charge >= 0.3 is 0 Å². The number of benzene rings is 1. The molecule has 2 nitrogen and oxygen atoms in total. The van der Waals surface area contributed by atoms with Crippen LogP contribution in [0, 0.1) is 19.8 Å². The van der Waals surface area contributed by atoms with Gasteiger partial charge in [-0.05, 0) is 49.4 Å². The molecule has 1 rings (SSSR count). The second kappa shape index (κ2) is 7.11. The van der Waals surface area contributed by atoms with E-state index in [-0.39, 0.29) is 5.92 Å². The summed E-state index contributed by atoms with van der Waals surface area (Å²) in [6.45, 7) is 8.84. The molecule has 19 heavy (non-hydrogen) atoms. The van der Waals surface area contributed by atoms with E-state index in [4.69, 9.17) is 34.3 Å². The first kappa shape index (κ1) is 16.3.